The number of carbonyl (C=O) groups excluding carboxylic acids is 1. The van der Waals surface area contributed by atoms with Crippen LogP contribution >= 0.6 is 0 Å². The highest BCUT2D eigenvalue weighted by Crippen LogP contribution is 2.39. The molecule has 1 atom stereocenters. The number of ether oxygens (including phenoxy) is 1. The molecule has 0 spiro atoms. The fourth-order valence-corrected chi connectivity index (χ4v) is 4.56. The molecule has 0 radical (unpaired) electrons. The third kappa shape index (κ3) is 4.49. The van der Waals surface area contributed by atoms with Gasteiger partial charge in [-0.3, -0.25) is 0 Å². The second kappa shape index (κ2) is 9.21. The van der Waals surface area contributed by atoms with Crippen molar-refractivity contribution in [2.45, 2.75) is 33.4 Å². The van der Waals surface area contributed by atoms with Crippen LogP contribution in [0.25, 0.3) is 0 Å². The number of hydrogen-bond donors (Lipinski definition) is 1. The number of fused-ring (bicyclic) bond motifs is 2. The maximum Gasteiger partial charge on any atom is 0.318 e. The molecule has 5 rings (SSSR count). The average Bonchev–Trinajstić information content (AvgIpc) is 2.99. The third-order valence-electron chi connectivity index (χ3n) is 6.41. The normalized spacial score (nSPS) is 17.1. The molecule has 2 aliphatic rings. The molecule has 3 aromatic rings. The molecule has 6 heteroatoms. The van der Waals surface area contributed by atoms with Crippen molar-refractivity contribution in [1.82, 2.24) is 15.1 Å². The molecule has 0 aromatic heterocycles. The Balaban J connectivity index is 1.37. The van der Waals surface area contributed by atoms with Crippen molar-refractivity contribution in [2.75, 3.05) is 19.6 Å². The summed E-state index contributed by atoms with van der Waals surface area (Å²) in [6.07, 6.45) is 0. The molecular formula is C28H30N4O2. The van der Waals surface area contributed by atoms with E-state index >= 15 is 0 Å². The molecule has 3 aromatic carbocycles. The first-order valence-corrected chi connectivity index (χ1v) is 11.8. The van der Waals surface area contributed by atoms with Gasteiger partial charge in [0.1, 0.15) is 17.3 Å². The number of aliphatic imine (C=N–C) groups is 1. The van der Waals surface area contributed by atoms with Gasteiger partial charge in [0.05, 0.1) is 5.56 Å². The first kappa shape index (κ1) is 22.0. The number of nitrogens with zero attached hydrogens (tertiary/aromatic N) is 3. The lowest BCUT2D eigenvalue weighted by molar-refractivity contribution is 0.134. The highest BCUT2D eigenvalue weighted by molar-refractivity contribution is 6.04. The smallest absolute Gasteiger partial charge is 0.318 e. The molecule has 0 unspecified atom stereocenters. The number of urea groups is 1. The van der Waals surface area contributed by atoms with Crippen LogP contribution in [-0.4, -0.2) is 47.3 Å². The largest absolute Gasteiger partial charge is 0.454 e. The molecule has 1 saturated heterocycles. The van der Waals surface area contributed by atoms with E-state index < -0.39 is 0 Å². The van der Waals surface area contributed by atoms with Crippen molar-refractivity contribution in [3.8, 4) is 11.5 Å². The number of amides is 2. The van der Waals surface area contributed by atoms with E-state index in [0.717, 1.165) is 45.3 Å². The Morgan fingerprint density at radius 1 is 1.00 bits per heavy atom. The lowest BCUT2D eigenvalue weighted by Gasteiger charge is -2.41. The molecular weight excluding hydrogens is 424 g/mol. The minimum atomic E-state index is -0.0285. The van der Waals surface area contributed by atoms with Gasteiger partial charge in [0.15, 0.2) is 5.75 Å². The van der Waals surface area contributed by atoms with Crippen molar-refractivity contribution in [3.63, 3.8) is 0 Å². The van der Waals surface area contributed by atoms with E-state index in [4.69, 9.17) is 9.73 Å². The highest BCUT2D eigenvalue weighted by atomic mass is 16.5. The maximum atomic E-state index is 12.9. The SMILES string of the molecule is Cc1ccc2c(c1)Oc1ccc(C)cc1C(N1CCN(C(=O)NCc3ccccc3)[C@H](C)C1)=N2. The predicted molar refractivity (Wildman–Crippen MR) is 135 cm³/mol. The average molecular weight is 455 g/mol. The first-order chi connectivity index (χ1) is 16.5. The number of hydrogen-bond acceptors (Lipinski definition) is 4. The van der Waals surface area contributed by atoms with Gasteiger partial charge in [-0.2, -0.15) is 0 Å². The Morgan fingerprint density at radius 2 is 1.76 bits per heavy atom. The third-order valence-corrected chi connectivity index (χ3v) is 6.41. The quantitative estimate of drug-likeness (QED) is 0.564. The molecule has 2 amide bonds. The summed E-state index contributed by atoms with van der Waals surface area (Å²) in [5.41, 5.74) is 5.20. The maximum absolute atomic E-state index is 12.9. The van der Waals surface area contributed by atoms with Gasteiger partial charge in [-0.1, -0.05) is 48.0 Å². The zero-order chi connectivity index (χ0) is 23.7. The highest BCUT2D eigenvalue weighted by Gasteiger charge is 2.31. The number of carbonyl (C=O) groups is 1. The van der Waals surface area contributed by atoms with Gasteiger partial charge in [0.2, 0.25) is 0 Å². The number of amidine groups is 1. The molecule has 0 bridgehead atoms. The summed E-state index contributed by atoms with van der Waals surface area (Å²) in [6.45, 7) is 8.79. The number of rotatable bonds is 2. The van der Waals surface area contributed by atoms with Crippen LogP contribution in [0.15, 0.2) is 71.7 Å². The summed E-state index contributed by atoms with van der Waals surface area (Å²) in [5.74, 6) is 2.48. The van der Waals surface area contributed by atoms with E-state index in [-0.39, 0.29) is 12.1 Å². The molecule has 1 N–H and O–H groups in total. The van der Waals surface area contributed by atoms with Crippen molar-refractivity contribution in [2.24, 2.45) is 4.99 Å². The second-order valence-corrected chi connectivity index (χ2v) is 9.14. The Hall–Kier alpha value is -3.80. The van der Waals surface area contributed by atoms with Crippen LogP contribution in [0, 0.1) is 13.8 Å². The van der Waals surface area contributed by atoms with Gasteiger partial charge in [-0.25, -0.2) is 9.79 Å². The van der Waals surface area contributed by atoms with Crippen LogP contribution < -0.4 is 10.1 Å². The summed E-state index contributed by atoms with van der Waals surface area (Å²) in [6, 6.07) is 22.3. The second-order valence-electron chi connectivity index (χ2n) is 9.14. The molecule has 2 heterocycles. The Bertz CT molecular complexity index is 1240. The molecule has 174 valence electrons. The van der Waals surface area contributed by atoms with Gasteiger partial charge in [-0.05, 0) is 56.2 Å². The van der Waals surface area contributed by atoms with Gasteiger partial charge in [-0.15, -0.1) is 0 Å². The minimum Gasteiger partial charge on any atom is -0.454 e. The lowest BCUT2D eigenvalue weighted by atomic mass is 10.1. The standard InChI is InChI=1S/C28H30N4O2/c1-19-10-12-25-23(15-19)27(30-24-11-9-20(2)16-26(24)34-25)31-13-14-32(21(3)18-31)28(33)29-17-22-7-5-4-6-8-22/h4-12,15-16,21H,13-14,17-18H2,1-3H3,(H,29,33)/t21-/m1/s1. The minimum absolute atomic E-state index is 0.0285. The number of aryl methyl sites for hydroxylation is 2. The Kier molecular flexibility index (Phi) is 5.97. The molecule has 2 aliphatic heterocycles. The van der Waals surface area contributed by atoms with E-state index in [0.29, 0.717) is 26.2 Å². The monoisotopic (exact) mass is 454 g/mol. The summed E-state index contributed by atoms with van der Waals surface area (Å²) < 4.78 is 6.30. The summed E-state index contributed by atoms with van der Waals surface area (Å²) in [7, 11) is 0. The van der Waals surface area contributed by atoms with Crippen molar-refractivity contribution in [1.29, 1.82) is 0 Å². The van der Waals surface area contributed by atoms with Crippen molar-refractivity contribution in [3.05, 3.63) is 89.0 Å². The van der Waals surface area contributed by atoms with E-state index in [1.165, 1.54) is 0 Å². The Labute approximate surface area is 200 Å². The molecule has 6 nitrogen and oxygen atoms in total. The lowest BCUT2D eigenvalue weighted by Crippen LogP contribution is -2.57. The number of piperazine rings is 1. The molecule has 34 heavy (non-hydrogen) atoms. The van der Waals surface area contributed by atoms with Crippen LogP contribution in [0.5, 0.6) is 11.5 Å². The van der Waals surface area contributed by atoms with E-state index in [9.17, 15) is 4.79 Å². The summed E-state index contributed by atoms with van der Waals surface area (Å²) >= 11 is 0. The number of benzene rings is 3. The fraction of sp³-hybridized carbons (Fsp3) is 0.286. The van der Waals surface area contributed by atoms with Gasteiger partial charge >= 0.3 is 6.03 Å². The zero-order valence-electron chi connectivity index (χ0n) is 19.9. The summed E-state index contributed by atoms with van der Waals surface area (Å²) in [5, 5.41) is 3.06. The van der Waals surface area contributed by atoms with Crippen molar-refractivity contribution < 1.29 is 9.53 Å². The van der Waals surface area contributed by atoms with Gasteiger partial charge < -0.3 is 19.9 Å². The van der Waals surface area contributed by atoms with Crippen LogP contribution in [0.3, 0.4) is 0 Å². The molecule has 0 aliphatic carbocycles. The topological polar surface area (TPSA) is 57.2 Å². The zero-order valence-corrected chi connectivity index (χ0v) is 19.9. The predicted octanol–water partition coefficient (Wildman–Crippen LogP) is 5.40. The van der Waals surface area contributed by atoms with Crippen LogP contribution in [0.1, 0.15) is 29.2 Å². The van der Waals surface area contributed by atoms with Crippen molar-refractivity contribution >= 4 is 17.6 Å². The molecule has 0 saturated carbocycles. The van der Waals surface area contributed by atoms with E-state index in [1.54, 1.807) is 0 Å². The van der Waals surface area contributed by atoms with E-state index in [1.807, 2.05) is 53.4 Å². The number of nitrogens with one attached hydrogen (secondary N) is 1. The molecule has 1 fully saturated rings. The Morgan fingerprint density at radius 3 is 2.56 bits per heavy atom. The van der Waals surface area contributed by atoms with Gasteiger partial charge in [0.25, 0.3) is 0 Å². The van der Waals surface area contributed by atoms with Crippen LogP contribution in [-0.2, 0) is 6.54 Å². The van der Waals surface area contributed by atoms with Gasteiger partial charge in [0, 0.05) is 32.2 Å². The first-order valence-electron chi connectivity index (χ1n) is 11.8. The fourth-order valence-electron chi connectivity index (χ4n) is 4.56. The van der Waals surface area contributed by atoms with Crippen LogP contribution in [0.2, 0.25) is 0 Å². The summed E-state index contributed by atoms with van der Waals surface area (Å²) in [4.78, 5) is 22.2. The van der Waals surface area contributed by atoms with E-state index in [2.05, 4.69) is 49.2 Å². The van der Waals surface area contributed by atoms with Crippen LogP contribution in [0.4, 0.5) is 10.5 Å².